The average Bonchev–Trinajstić information content (AvgIpc) is 3.86. The zero-order valence-corrected chi connectivity index (χ0v) is 40.1. The van der Waals surface area contributed by atoms with Crippen LogP contribution in [0.1, 0.15) is 92.5 Å². The maximum Gasteiger partial charge on any atom is -0.109 e. The van der Waals surface area contributed by atoms with E-state index >= 15 is 0 Å². The summed E-state index contributed by atoms with van der Waals surface area (Å²) in [6.07, 6.45) is 10.9. The fourth-order valence-electron chi connectivity index (χ4n) is 7.32. The standard InChI is InChI=1S/C35H37.C13H8Cl2.C5H5.2ClH.Zr/c1-22-13-9-11-15-26(22)30-18-24-17-25-19-31(27-16-12-10-14-23(27)2)33(35(6,7)8)21-29(25)28(24)20-32(30)34(3,4)5;14-12-5-1-10(2-6-12)9-11-3-7-13(15)8-4-11;1-2-4-5-3-1;;;/h9-16,18,20-21H,17H2,1-8H3;1-8H;1-3H,4H2;2*1H;/q-1;;-1;;;+2/p-2. The zero-order valence-electron chi connectivity index (χ0n) is 34.6. The van der Waals surface area contributed by atoms with Crippen molar-refractivity contribution in [1.82, 2.24) is 0 Å². The van der Waals surface area contributed by atoms with E-state index in [0.29, 0.717) is 0 Å². The Hall–Kier alpha value is -3.29. The molecule has 0 bridgehead atoms. The van der Waals surface area contributed by atoms with E-state index in [2.05, 4.69) is 140 Å². The van der Waals surface area contributed by atoms with Gasteiger partial charge in [0.15, 0.2) is 0 Å². The van der Waals surface area contributed by atoms with E-state index < -0.39 is 0 Å². The monoisotopic (exact) mass is 916 g/mol. The molecular weight excluding hydrogens is 870 g/mol. The molecule has 0 unspecified atom stereocenters. The van der Waals surface area contributed by atoms with Crippen LogP contribution in [0.4, 0.5) is 0 Å². The SMILES string of the molecule is Cc1ccccc1-c1[c-]c2c(cc1C(C)(C)C)-c1cc(C(C)(C)C)c(-c3ccccc3C)cc1C2.Clc1ccc([C](=[Zr+2])c2ccc(Cl)cc2)cc1.[C-]1=CC=CC1.[Cl-].[Cl-]. The molecular formula is C53H50Cl4Zr-2. The average molecular weight is 920 g/mol. The Kier molecular flexibility index (Phi) is 16.6. The Morgan fingerprint density at radius 1 is 0.586 bits per heavy atom. The minimum atomic E-state index is 0. The molecule has 0 saturated carbocycles. The van der Waals surface area contributed by atoms with Gasteiger partial charge in [-0.25, -0.2) is 12.2 Å². The second kappa shape index (κ2) is 20.3. The van der Waals surface area contributed by atoms with Crippen LogP contribution in [-0.2, 0) is 41.5 Å². The Morgan fingerprint density at radius 3 is 1.53 bits per heavy atom. The summed E-state index contributed by atoms with van der Waals surface area (Å²) in [7, 11) is 0. The van der Waals surface area contributed by atoms with Gasteiger partial charge >= 0.3 is 120 Å². The molecule has 6 aromatic rings. The summed E-state index contributed by atoms with van der Waals surface area (Å²) in [5.41, 5.74) is 18.7. The van der Waals surface area contributed by atoms with E-state index in [-0.39, 0.29) is 35.6 Å². The number of fused-ring (bicyclic) bond motifs is 3. The predicted octanol–water partition coefficient (Wildman–Crippen LogP) is 9.03. The molecule has 0 heterocycles. The van der Waals surface area contributed by atoms with E-state index in [1.807, 2.05) is 60.7 Å². The van der Waals surface area contributed by atoms with Crippen LogP contribution >= 0.6 is 23.2 Å². The molecule has 0 aromatic heterocycles. The molecule has 0 amide bonds. The Labute approximate surface area is 385 Å². The van der Waals surface area contributed by atoms with Crippen LogP contribution < -0.4 is 24.8 Å². The molecule has 0 radical (unpaired) electrons. The number of allylic oxidation sites excluding steroid dienone is 4. The molecule has 2 aliphatic rings. The van der Waals surface area contributed by atoms with Crippen LogP contribution in [0.2, 0.25) is 10.0 Å². The van der Waals surface area contributed by atoms with Crippen molar-refractivity contribution < 1.29 is 49.0 Å². The van der Waals surface area contributed by atoms with Crippen LogP contribution in [0.25, 0.3) is 33.4 Å². The Balaban J connectivity index is 0.000000268. The molecule has 0 spiro atoms. The summed E-state index contributed by atoms with van der Waals surface area (Å²) in [6.45, 7) is 18.4. The van der Waals surface area contributed by atoms with E-state index in [0.717, 1.165) is 22.9 Å². The molecule has 0 saturated heterocycles. The molecule has 0 nitrogen and oxygen atoms in total. The van der Waals surface area contributed by atoms with Gasteiger partial charge in [0.25, 0.3) is 0 Å². The summed E-state index contributed by atoms with van der Waals surface area (Å²) in [4.78, 5) is 0. The van der Waals surface area contributed by atoms with E-state index in [1.165, 1.54) is 105 Å². The molecule has 0 fully saturated rings. The van der Waals surface area contributed by atoms with Gasteiger partial charge in [0, 0.05) is 0 Å². The third-order valence-corrected chi connectivity index (χ3v) is 12.3. The van der Waals surface area contributed by atoms with Crippen molar-refractivity contribution in [2.45, 2.75) is 79.1 Å². The van der Waals surface area contributed by atoms with Crippen LogP contribution in [0.3, 0.4) is 0 Å². The number of hydrogen-bond donors (Lipinski definition) is 0. The van der Waals surface area contributed by atoms with Crippen molar-refractivity contribution in [3.8, 4) is 33.4 Å². The van der Waals surface area contributed by atoms with E-state index in [1.54, 1.807) is 0 Å². The minimum Gasteiger partial charge on any atom is -1.00 e. The van der Waals surface area contributed by atoms with Crippen molar-refractivity contribution in [3.05, 3.63) is 200 Å². The third kappa shape index (κ3) is 11.3. The molecule has 0 aliphatic heterocycles. The molecule has 0 N–H and O–H groups in total. The van der Waals surface area contributed by atoms with Gasteiger partial charge in [0.05, 0.1) is 0 Å². The normalized spacial score (nSPS) is 12.2. The van der Waals surface area contributed by atoms with Gasteiger partial charge in [0.1, 0.15) is 0 Å². The summed E-state index contributed by atoms with van der Waals surface area (Å²) in [5, 5.41) is 1.53. The minimum absolute atomic E-state index is 0. The fraction of sp³-hybridized carbons (Fsp3) is 0.226. The van der Waals surface area contributed by atoms with Gasteiger partial charge in [-0.1, -0.05) is 124 Å². The van der Waals surface area contributed by atoms with Crippen molar-refractivity contribution in [1.29, 1.82) is 0 Å². The number of benzene rings is 6. The summed E-state index contributed by atoms with van der Waals surface area (Å²) in [5.74, 6) is 0. The molecule has 58 heavy (non-hydrogen) atoms. The van der Waals surface area contributed by atoms with E-state index in [9.17, 15) is 0 Å². The molecule has 296 valence electrons. The van der Waals surface area contributed by atoms with Crippen LogP contribution in [0.5, 0.6) is 0 Å². The Morgan fingerprint density at radius 2 is 1.09 bits per heavy atom. The molecule has 0 atom stereocenters. The van der Waals surface area contributed by atoms with Crippen LogP contribution in [0, 0.1) is 26.0 Å². The second-order valence-corrected chi connectivity index (χ2v) is 18.8. The van der Waals surface area contributed by atoms with Gasteiger partial charge in [0.2, 0.25) is 0 Å². The first-order chi connectivity index (χ1) is 26.6. The van der Waals surface area contributed by atoms with Crippen molar-refractivity contribution >= 4 is 26.4 Å². The second-order valence-electron chi connectivity index (χ2n) is 16.7. The number of aryl methyl sites for hydroxylation is 2. The number of halogens is 4. The molecule has 2 aliphatic carbocycles. The first kappa shape index (κ1) is 47.4. The van der Waals surface area contributed by atoms with Gasteiger partial charge in [-0.2, -0.15) is 6.08 Å². The smallest absolute Gasteiger partial charge is 0.109 e. The topological polar surface area (TPSA) is 0 Å². The molecule has 6 aromatic carbocycles. The van der Waals surface area contributed by atoms with Gasteiger partial charge < -0.3 is 24.8 Å². The maximum atomic E-state index is 5.86. The van der Waals surface area contributed by atoms with Crippen molar-refractivity contribution in [2.75, 3.05) is 0 Å². The maximum absolute atomic E-state index is 5.86. The first-order valence-electron chi connectivity index (χ1n) is 19.3. The third-order valence-electron chi connectivity index (χ3n) is 10.4. The van der Waals surface area contributed by atoms with Gasteiger partial charge in [-0.15, -0.1) is 35.2 Å². The number of rotatable bonds is 4. The van der Waals surface area contributed by atoms with Crippen molar-refractivity contribution in [2.24, 2.45) is 0 Å². The molecule has 8 rings (SSSR count). The predicted molar refractivity (Wildman–Crippen MR) is 239 cm³/mol. The largest absolute Gasteiger partial charge is 1.00 e. The number of hydrogen-bond acceptors (Lipinski definition) is 0. The first-order valence-corrected chi connectivity index (χ1v) is 21.3. The summed E-state index contributed by atoms with van der Waals surface area (Å²) < 4.78 is 1.31. The fourth-order valence-corrected chi connectivity index (χ4v) is 8.39. The van der Waals surface area contributed by atoms with Crippen LogP contribution in [-0.4, -0.2) is 3.21 Å². The van der Waals surface area contributed by atoms with Crippen molar-refractivity contribution in [3.63, 3.8) is 0 Å². The van der Waals surface area contributed by atoms with Gasteiger partial charge in [-0.3, -0.25) is 6.08 Å². The molecule has 5 heteroatoms. The van der Waals surface area contributed by atoms with Crippen LogP contribution in [0.15, 0.2) is 133 Å². The Bertz CT molecular complexity index is 2250. The zero-order chi connectivity index (χ0) is 40.2. The van der Waals surface area contributed by atoms with E-state index in [4.69, 9.17) is 23.2 Å². The summed E-state index contributed by atoms with van der Waals surface area (Å²) in [6, 6.07) is 44.7. The van der Waals surface area contributed by atoms with Gasteiger partial charge in [-0.05, 0) is 58.9 Å². The summed E-state index contributed by atoms with van der Waals surface area (Å²) >= 11 is 13.1. The quantitative estimate of drug-likeness (QED) is 0.155.